The van der Waals surface area contributed by atoms with Gasteiger partial charge in [-0.2, -0.15) is 0 Å². The molecule has 2 aromatic carbocycles. The standard InChI is InChI=1S/C24H31ClN2O3/c1-24(2,3)19-10-8-18(9-11-19)21(27-12-14-29-15-13-27)16-26-23(28)17-30-22-7-5-4-6-20(22)25/h4-11,21H,12-17H2,1-3H3,(H,26,28). The van der Waals surface area contributed by atoms with Crippen LogP contribution in [0.3, 0.4) is 0 Å². The summed E-state index contributed by atoms with van der Waals surface area (Å²) in [5.41, 5.74) is 2.60. The Hall–Kier alpha value is -2.08. The summed E-state index contributed by atoms with van der Waals surface area (Å²) in [5, 5.41) is 3.52. The summed E-state index contributed by atoms with van der Waals surface area (Å²) in [6.45, 7) is 10.2. The molecule has 0 spiro atoms. The minimum absolute atomic E-state index is 0.0669. The molecule has 2 aromatic rings. The van der Waals surface area contributed by atoms with Crippen molar-refractivity contribution >= 4 is 17.5 Å². The number of nitrogens with zero attached hydrogens (tertiary/aromatic N) is 1. The lowest BCUT2D eigenvalue weighted by molar-refractivity contribution is -0.123. The number of nitrogens with one attached hydrogen (secondary N) is 1. The highest BCUT2D eigenvalue weighted by molar-refractivity contribution is 6.32. The van der Waals surface area contributed by atoms with Gasteiger partial charge in [-0.05, 0) is 28.7 Å². The molecule has 1 atom stereocenters. The second-order valence-electron chi connectivity index (χ2n) is 8.56. The van der Waals surface area contributed by atoms with E-state index in [2.05, 4.69) is 55.3 Å². The van der Waals surface area contributed by atoms with Crippen molar-refractivity contribution < 1.29 is 14.3 Å². The van der Waals surface area contributed by atoms with Gasteiger partial charge in [-0.15, -0.1) is 0 Å². The van der Waals surface area contributed by atoms with Crippen molar-refractivity contribution in [2.45, 2.75) is 32.2 Å². The number of amides is 1. The maximum absolute atomic E-state index is 12.4. The minimum Gasteiger partial charge on any atom is -0.482 e. The molecule has 0 radical (unpaired) electrons. The van der Waals surface area contributed by atoms with Crippen molar-refractivity contribution in [1.82, 2.24) is 10.2 Å². The first-order valence-corrected chi connectivity index (χ1v) is 10.8. The Balaban J connectivity index is 1.64. The Bertz CT molecular complexity index is 827. The average molecular weight is 431 g/mol. The maximum atomic E-state index is 12.4. The Labute approximate surface area is 184 Å². The lowest BCUT2D eigenvalue weighted by atomic mass is 9.86. The van der Waals surface area contributed by atoms with Gasteiger partial charge < -0.3 is 14.8 Å². The predicted molar refractivity (Wildman–Crippen MR) is 120 cm³/mol. The number of benzene rings is 2. The van der Waals surface area contributed by atoms with Crippen LogP contribution < -0.4 is 10.1 Å². The van der Waals surface area contributed by atoms with Gasteiger partial charge in [-0.1, -0.05) is 68.8 Å². The zero-order chi connectivity index (χ0) is 21.6. The van der Waals surface area contributed by atoms with Crippen molar-refractivity contribution in [2.75, 3.05) is 39.5 Å². The van der Waals surface area contributed by atoms with Crippen LogP contribution >= 0.6 is 11.6 Å². The van der Waals surface area contributed by atoms with Gasteiger partial charge >= 0.3 is 0 Å². The van der Waals surface area contributed by atoms with Crippen LogP contribution in [0.15, 0.2) is 48.5 Å². The summed E-state index contributed by atoms with van der Waals surface area (Å²) in [5.74, 6) is 0.344. The molecule has 1 fully saturated rings. The molecule has 3 rings (SSSR count). The van der Waals surface area contributed by atoms with Crippen molar-refractivity contribution in [3.8, 4) is 5.75 Å². The first-order valence-electron chi connectivity index (χ1n) is 10.4. The van der Waals surface area contributed by atoms with Crippen LogP contribution in [-0.4, -0.2) is 50.3 Å². The topological polar surface area (TPSA) is 50.8 Å². The van der Waals surface area contributed by atoms with Crippen LogP contribution in [0.5, 0.6) is 5.75 Å². The van der Waals surface area contributed by atoms with Crippen LogP contribution in [0, 0.1) is 0 Å². The number of morpholine rings is 1. The maximum Gasteiger partial charge on any atom is 0.258 e. The number of ether oxygens (including phenoxy) is 2. The van der Waals surface area contributed by atoms with Crippen molar-refractivity contribution in [3.63, 3.8) is 0 Å². The Kier molecular flexibility index (Phi) is 7.75. The first-order chi connectivity index (χ1) is 14.3. The van der Waals surface area contributed by atoms with E-state index in [0.717, 1.165) is 13.1 Å². The third-order valence-electron chi connectivity index (χ3n) is 5.34. The molecule has 162 valence electrons. The number of hydrogen-bond donors (Lipinski definition) is 1. The fourth-order valence-electron chi connectivity index (χ4n) is 3.52. The fraction of sp³-hybridized carbons (Fsp3) is 0.458. The van der Waals surface area contributed by atoms with Gasteiger partial charge in [0, 0.05) is 19.6 Å². The van der Waals surface area contributed by atoms with Crippen molar-refractivity contribution in [2.24, 2.45) is 0 Å². The number of carbonyl (C=O) groups is 1. The zero-order valence-electron chi connectivity index (χ0n) is 18.0. The van der Waals surface area contributed by atoms with E-state index in [0.29, 0.717) is 30.5 Å². The smallest absolute Gasteiger partial charge is 0.258 e. The largest absolute Gasteiger partial charge is 0.482 e. The molecule has 1 unspecified atom stereocenters. The van der Waals surface area contributed by atoms with Crippen LogP contribution in [0.25, 0.3) is 0 Å². The van der Waals surface area contributed by atoms with E-state index in [4.69, 9.17) is 21.1 Å². The van der Waals surface area contributed by atoms with Gasteiger partial charge in [-0.3, -0.25) is 9.69 Å². The molecule has 6 heteroatoms. The third kappa shape index (κ3) is 6.21. The van der Waals surface area contributed by atoms with Gasteiger partial charge in [0.2, 0.25) is 0 Å². The molecule has 1 N–H and O–H groups in total. The van der Waals surface area contributed by atoms with Crippen LogP contribution in [0.2, 0.25) is 5.02 Å². The van der Waals surface area contributed by atoms with Crippen LogP contribution in [0.4, 0.5) is 0 Å². The number of para-hydroxylation sites is 1. The Morgan fingerprint density at radius 2 is 1.80 bits per heavy atom. The van der Waals surface area contributed by atoms with Gasteiger partial charge in [-0.25, -0.2) is 0 Å². The van der Waals surface area contributed by atoms with E-state index in [1.807, 2.05) is 12.1 Å². The molecular weight excluding hydrogens is 400 g/mol. The Morgan fingerprint density at radius 1 is 1.13 bits per heavy atom. The summed E-state index contributed by atoms with van der Waals surface area (Å²) in [4.78, 5) is 14.8. The van der Waals surface area contributed by atoms with E-state index in [-0.39, 0.29) is 24.0 Å². The molecule has 1 amide bonds. The van der Waals surface area contributed by atoms with E-state index < -0.39 is 0 Å². The molecule has 1 aliphatic rings. The monoisotopic (exact) mass is 430 g/mol. The predicted octanol–water partition coefficient (Wildman–Crippen LogP) is 4.21. The third-order valence-corrected chi connectivity index (χ3v) is 5.65. The molecular formula is C24H31ClN2O3. The zero-order valence-corrected chi connectivity index (χ0v) is 18.7. The summed E-state index contributed by atoms with van der Waals surface area (Å²) < 4.78 is 11.1. The quantitative estimate of drug-likeness (QED) is 0.715. The second kappa shape index (κ2) is 10.3. The van der Waals surface area contributed by atoms with Crippen LogP contribution in [0.1, 0.15) is 37.9 Å². The minimum atomic E-state index is -0.167. The molecule has 0 aliphatic carbocycles. The fourth-order valence-corrected chi connectivity index (χ4v) is 3.71. The van der Waals surface area contributed by atoms with Crippen molar-refractivity contribution in [1.29, 1.82) is 0 Å². The molecule has 0 bridgehead atoms. The number of carbonyl (C=O) groups excluding carboxylic acids is 1. The molecule has 1 saturated heterocycles. The number of halogens is 1. The molecule has 1 heterocycles. The highest BCUT2D eigenvalue weighted by atomic mass is 35.5. The Morgan fingerprint density at radius 3 is 2.43 bits per heavy atom. The van der Waals surface area contributed by atoms with E-state index in [1.54, 1.807) is 12.1 Å². The summed E-state index contributed by atoms with van der Waals surface area (Å²) in [7, 11) is 0. The summed E-state index contributed by atoms with van der Waals surface area (Å²) in [6.07, 6.45) is 0. The highest BCUT2D eigenvalue weighted by Gasteiger charge is 2.24. The SMILES string of the molecule is CC(C)(C)c1ccc(C(CNC(=O)COc2ccccc2Cl)N2CCOCC2)cc1. The van der Waals surface area contributed by atoms with Crippen molar-refractivity contribution in [3.05, 3.63) is 64.7 Å². The number of hydrogen-bond acceptors (Lipinski definition) is 4. The van der Waals surface area contributed by atoms with Crippen LogP contribution in [-0.2, 0) is 14.9 Å². The van der Waals surface area contributed by atoms with E-state index in [9.17, 15) is 4.79 Å². The summed E-state index contributed by atoms with van der Waals surface area (Å²) in [6, 6.07) is 16.0. The van der Waals surface area contributed by atoms with Gasteiger partial charge in [0.1, 0.15) is 5.75 Å². The second-order valence-corrected chi connectivity index (χ2v) is 8.97. The molecule has 30 heavy (non-hydrogen) atoms. The highest BCUT2D eigenvalue weighted by Crippen LogP contribution is 2.27. The summed E-state index contributed by atoms with van der Waals surface area (Å²) >= 11 is 6.09. The van der Waals surface area contributed by atoms with E-state index in [1.165, 1.54) is 11.1 Å². The normalized spacial score (nSPS) is 16.1. The molecule has 1 aliphatic heterocycles. The molecule has 5 nitrogen and oxygen atoms in total. The molecule has 0 saturated carbocycles. The van der Waals surface area contributed by atoms with Gasteiger partial charge in [0.15, 0.2) is 6.61 Å². The lowest BCUT2D eigenvalue weighted by Gasteiger charge is -2.35. The first kappa shape index (κ1) is 22.6. The average Bonchev–Trinajstić information content (AvgIpc) is 2.74. The van der Waals surface area contributed by atoms with Gasteiger partial charge in [0.25, 0.3) is 5.91 Å². The van der Waals surface area contributed by atoms with E-state index >= 15 is 0 Å². The van der Waals surface area contributed by atoms with Gasteiger partial charge in [0.05, 0.1) is 24.3 Å². The number of rotatable bonds is 7. The molecule has 0 aromatic heterocycles. The lowest BCUT2D eigenvalue weighted by Crippen LogP contribution is -2.44.